The first-order chi connectivity index (χ1) is 13.8. The van der Waals surface area contributed by atoms with Gasteiger partial charge in [-0.05, 0) is 31.5 Å². The molecule has 5 nitrogen and oxygen atoms in total. The van der Waals surface area contributed by atoms with Crippen LogP contribution in [0.5, 0.6) is 0 Å². The standard InChI is InChI=1S/C23H33N5/c1-26-12-14-28(15-13-26)22-9-5-4-8-19(22)16-27-11-10-21-20(17-27)23(25-24-21)18-6-2-3-7-18/h4-5,8-9,18H,2-3,6-7,10-17H2,1H3,(H,24,25). The van der Waals surface area contributed by atoms with Gasteiger partial charge < -0.3 is 9.80 Å². The van der Waals surface area contributed by atoms with Crippen molar-refractivity contribution in [3.63, 3.8) is 0 Å². The zero-order chi connectivity index (χ0) is 18.9. The van der Waals surface area contributed by atoms with E-state index in [-0.39, 0.29) is 0 Å². The molecule has 5 rings (SSSR count). The van der Waals surface area contributed by atoms with Crippen molar-refractivity contribution in [2.75, 3.05) is 44.7 Å². The van der Waals surface area contributed by atoms with Gasteiger partial charge in [0.2, 0.25) is 0 Å². The molecule has 150 valence electrons. The lowest BCUT2D eigenvalue weighted by Gasteiger charge is -2.36. The molecule has 0 radical (unpaired) electrons. The quantitative estimate of drug-likeness (QED) is 0.884. The van der Waals surface area contributed by atoms with Crippen LogP contribution in [0.2, 0.25) is 0 Å². The fourth-order valence-electron chi connectivity index (χ4n) is 5.29. The molecule has 0 amide bonds. The number of fused-ring (bicyclic) bond motifs is 1. The highest BCUT2D eigenvalue weighted by atomic mass is 15.3. The third-order valence-electron chi connectivity index (χ3n) is 7.02. The van der Waals surface area contributed by atoms with Crippen molar-refractivity contribution < 1.29 is 0 Å². The Morgan fingerprint density at radius 3 is 2.64 bits per heavy atom. The number of likely N-dealkylation sites (N-methyl/N-ethyl adjacent to an activating group) is 1. The van der Waals surface area contributed by atoms with Gasteiger partial charge in [-0.3, -0.25) is 10.00 Å². The topological polar surface area (TPSA) is 38.4 Å². The summed E-state index contributed by atoms with van der Waals surface area (Å²) < 4.78 is 0. The lowest BCUT2D eigenvalue weighted by Crippen LogP contribution is -2.45. The maximum atomic E-state index is 4.75. The van der Waals surface area contributed by atoms with Crippen LogP contribution >= 0.6 is 0 Å². The summed E-state index contributed by atoms with van der Waals surface area (Å²) in [5.74, 6) is 0.692. The van der Waals surface area contributed by atoms with Crippen LogP contribution < -0.4 is 4.90 Å². The first kappa shape index (κ1) is 18.2. The van der Waals surface area contributed by atoms with Crippen LogP contribution in [0.1, 0.15) is 54.1 Å². The van der Waals surface area contributed by atoms with Gasteiger partial charge in [-0.15, -0.1) is 0 Å². The van der Waals surface area contributed by atoms with E-state index in [2.05, 4.69) is 51.1 Å². The molecule has 0 bridgehead atoms. The molecule has 1 aliphatic carbocycles. The number of piperazine rings is 1. The van der Waals surface area contributed by atoms with E-state index in [1.165, 1.54) is 53.9 Å². The van der Waals surface area contributed by atoms with Crippen molar-refractivity contribution in [3.8, 4) is 0 Å². The van der Waals surface area contributed by atoms with E-state index in [4.69, 9.17) is 5.10 Å². The Labute approximate surface area is 168 Å². The lowest BCUT2D eigenvalue weighted by atomic mass is 9.95. The third kappa shape index (κ3) is 3.58. The van der Waals surface area contributed by atoms with Crippen LogP contribution in [0.4, 0.5) is 5.69 Å². The van der Waals surface area contributed by atoms with Crippen molar-refractivity contribution in [1.29, 1.82) is 0 Å². The van der Waals surface area contributed by atoms with Crippen molar-refractivity contribution >= 4 is 5.69 Å². The zero-order valence-electron chi connectivity index (χ0n) is 17.2. The molecule has 0 spiro atoms. The summed E-state index contributed by atoms with van der Waals surface area (Å²) >= 11 is 0. The van der Waals surface area contributed by atoms with Gasteiger partial charge in [0.15, 0.2) is 0 Å². The monoisotopic (exact) mass is 379 g/mol. The van der Waals surface area contributed by atoms with Crippen LogP contribution in [-0.2, 0) is 19.5 Å². The van der Waals surface area contributed by atoms with Crippen LogP contribution in [0.3, 0.4) is 0 Å². The Morgan fingerprint density at radius 1 is 1.04 bits per heavy atom. The van der Waals surface area contributed by atoms with Crippen LogP contribution in [0.15, 0.2) is 24.3 Å². The second-order valence-electron chi connectivity index (χ2n) is 8.93. The predicted molar refractivity (Wildman–Crippen MR) is 114 cm³/mol. The Balaban J connectivity index is 1.32. The Bertz CT molecular complexity index is 799. The molecule has 2 fully saturated rings. The molecule has 3 heterocycles. The van der Waals surface area contributed by atoms with Crippen molar-refractivity contribution in [3.05, 3.63) is 46.8 Å². The summed E-state index contributed by atoms with van der Waals surface area (Å²) in [7, 11) is 2.22. The van der Waals surface area contributed by atoms with Gasteiger partial charge in [0.25, 0.3) is 0 Å². The van der Waals surface area contributed by atoms with Crippen molar-refractivity contribution in [1.82, 2.24) is 20.0 Å². The minimum Gasteiger partial charge on any atom is -0.369 e. The van der Waals surface area contributed by atoms with Crippen LogP contribution in [0.25, 0.3) is 0 Å². The van der Waals surface area contributed by atoms with E-state index in [0.717, 1.165) is 52.2 Å². The normalized spacial score (nSPS) is 22.0. The number of aromatic amines is 1. The second kappa shape index (κ2) is 7.88. The predicted octanol–water partition coefficient (Wildman–Crippen LogP) is 3.38. The smallest absolute Gasteiger partial charge is 0.0700 e. The van der Waals surface area contributed by atoms with Gasteiger partial charge in [0.05, 0.1) is 5.69 Å². The van der Waals surface area contributed by atoms with Crippen molar-refractivity contribution in [2.45, 2.75) is 51.1 Å². The minimum absolute atomic E-state index is 0.692. The average molecular weight is 380 g/mol. The molecular weight excluding hydrogens is 346 g/mol. The van der Waals surface area contributed by atoms with Crippen molar-refractivity contribution in [2.24, 2.45) is 0 Å². The molecule has 1 saturated heterocycles. The number of anilines is 1. The largest absolute Gasteiger partial charge is 0.369 e. The summed E-state index contributed by atoms with van der Waals surface area (Å²) in [6, 6.07) is 9.04. The van der Waals surface area contributed by atoms with E-state index in [1.54, 1.807) is 0 Å². The van der Waals surface area contributed by atoms with Gasteiger partial charge in [0.1, 0.15) is 0 Å². The molecule has 2 aromatic rings. The number of H-pyrrole nitrogens is 1. The highest BCUT2D eigenvalue weighted by Crippen LogP contribution is 2.37. The fourth-order valence-corrected chi connectivity index (χ4v) is 5.29. The molecular formula is C23H33N5. The number of benzene rings is 1. The Kier molecular flexibility index (Phi) is 5.12. The average Bonchev–Trinajstić information content (AvgIpc) is 3.38. The molecule has 1 saturated carbocycles. The molecule has 0 unspecified atom stereocenters. The first-order valence-electron chi connectivity index (χ1n) is 11.1. The highest BCUT2D eigenvalue weighted by Gasteiger charge is 2.28. The maximum absolute atomic E-state index is 4.75. The SMILES string of the molecule is CN1CCN(c2ccccc2CN2CCc3[nH]nc(C4CCCC4)c3C2)CC1. The highest BCUT2D eigenvalue weighted by molar-refractivity contribution is 5.54. The van der Waals surface area contributed by atoms with Crippen LogP contribution in [-0.4, -0.2) is 59.8 Å². The number of hydrogen-bond acceptors (Lipinski definition) is 4. The molecule has 1 N–H and O–H groups in total. The summed E-state index contributed by atoms with van der Waals surface area (Å²) in [6.07, 6.45) is 6.49. The summed E-state index contributed by atoms with van der Waals surface area (Å²) in [5.41, 5.74) is 7.19. The number of nitrogens with one attached hydrogen (secondary N) is 1. The second-order valence-corrected chi connectivity index (χ2v) is 8.93. The zero-order valence-corrected chi connectivity index (χ0v) is 17.2. The minimum atomic E-state index is 0.692. The molecule has 3 aliphatic rings. The van der Waals surface area contributed by atoms with Gasteiger partial charge in [-0.2, -0.15) is 5.10 Å². The summed E-state index contributed by atoms with van der Waals surface area (Å²) in [4.78, 5) is 7.63. The molecule has 2 aliphatic heterocycles. The first-order valence-corrected chi connectivity index (χ1v) is 11.1. The molecule has 28 heavy (non-hydrogen) atoms. The number of hydrogen-bond donors (Lipinski definition) is 1. The third-order valence-corrected chi connectivity index (χ3v) is 7.02. The van der Waals surface area contributed by atoms with Gasteiger partial charge >= 0.3 is 0 Å². The number of rotatable bonds is 4. The van der Waals surface area contributed by atoms with E-state index in [0.29, 0.717) is 5.92 Å². The number of nitrogens with zero attached hydrogens (tertiary/aromatic N) is 4. The van der Waals surface area contributed by atoms with E-state index >= 15 is 0 Å². The summed E-state index contributed by atoms with van der Waals surface area (Å²) in [5, 5.41) is 8.12. The van der Waals surface area contributed by atoms with Crippen LogP contribution in [0, 0.1) is 0 Å². The Hall–Kier alpha value is -1.85. The van der Waals surface area contributed by atoms with E-state index < -0.39 is 0 Å². The lowest BCUT2D eigenvalue weighted by molar-refractivity contribution is 0.243. The van der Waals surface area contributed by atoms with Gasteiger partial charge in [0, 0.05) is 75.1 Å². The maximum Gasteiger partial charge on any atom is 0.0700 e. The number of para-hydroxylation sites is 1. The molecule has 5 heteroatoms. The molecule has 1 aromatic heterocycles. The van der Waals surface area contributed by atoms with E-state index in [1.807, 2.05) is 0 Å². The van der Waals surface area contributed by atoms with Gasteiger partial charge in [-0.25, -0.2) is 0 Å². The van der Waals surface area contributed by atoms with E-state index in [9.17, 15) is 0 Å². The number of aromatic nitrogens is 2. The summed E-state index contributed by atoms with van der Waals surface area (Å²) in [6.45, 7) is 7.78. The fraction of sp³-hybridized carbons (Fsp3) is 0.609. The Morgan fingerprint density at radius 2 is 1.82 bits per heavy atom. The molecule has 0 atom stereocenters. The molecule has 1 aromatic carbocycles. The van der Waals surface area contributed by atoms with Gasteiger partial charge in [-0.1, -0.05) is 31.0 Å².